The van der Waals surface area contributed by atoms with Gasteiger partial charge in [-0.3, -0.25) is 0 Å². The van der Waals surface area contributed by atoms with Crippen molar-refractivity contribution in [3.63, 3.8) is 0 Å². The molecule has 1 amide bonds. The lowest BCUT2D eigenvalue weighted by molar-refractivity contribution is 0.154. The van der Waals surface area contributed by atoms with Gasteiger partial charge in [0.15, 0.2) is 0 Å². The van der Waals surface area contributed by atoms with Crippen molar-refractivity contribution < 1.29 is 9.90 Å². The third-order valence-corrected chi connectivity index (χ3v) is 1.97. The van der Waals surface area contributed by atoms with Crippen molar-refractivity contribution >= 4 is 6.09 Å². The standard InChI is InChI=1S/C6H10N4O2/c7-9-8-3-5-1-2-10(4-5)6(11)12/h5,7H,1-4H2/p+1/t5-/m0/s1. The van der Waals surface area contributed by atoms with Gasteiger partial charge >= 0.3 is 6.09 Å². The molecule has 0 saturated carbocycles. The van der Waals surface area contributed by atoms with Crippen LogP contribution in [0, 0.1) is 11.4 Å². The lowest BCUT2D eigenvalue weighted by Gasteiger charge is -2.09. The van der Waals surface area contributed by atoms with E-state index in [9.17, 15) is 4.79 Å². The summed E-state index contributed by atoms with van der Waals surface area (Å²) in [5, 5.41) is 12.1. The summed E-state index contributed by atoms with van der Waals surface area (Å²) in [5.74, 6) is 0.246. The molecule has 0 aromatic heterocycles. The van der Waals surface area contributed by atoms with Gasteiger partial charge in [-0.15, -0.1) is 0 Å². The van der Waals surface area contributed by atoms with E-state index in [0.717, 1.165) is 6.42 Å². The maximum absolute atomic E-state index is 10.5. The molecule has 6 heteroatoms. The predicted molar refractivity (Wildman–Crippen MR) is 39.9 cm³/mol. The molecule has 0 bridgehead atoms. The van der Waals surface area contributed by atoms with E-state index in [0.29, 0.717) is 19.6 Å². The highest BCUT2D eigenvalue weighted by atomic mass is 16.4. The highest BCUT2D eigenvalue weighted by Gasteiger charge is 2.26. The number of hydrogen-bond donors (Lipinski definition) is 2. The van der Waals surface area contributed by atoms with Crippen LogP contribution in [0.5, 0.6) is 0 Å². The molecule has 6 nitrogen and oxygen atoms in total. The third kappa shape index (κ3) is 2.03. The summed E-state index contributed by atoms with van der Waals surface area (Å²) in [6.07, 6.45) is -0.0500. The van der Waals surface area contributed by atoms with Gasteiger partial charge < -0.3 is 10.0 Å². The number of amides is 1. The number of rotatable bonds is 2. The molecule has 0 unspecified atom stereocenters. The minimum absolute atomic E-state index is 0.246. The average molecular weight is 171 g/mol. The van der Waals surface area contributed by atoms with Gasteiger partial charge in [-0.25, -0.2) is 4.79 Å². The lowest BCUT2D eigenvalue weighted by Crippen LogP contribution is -2.26. The van der Waals surface area contributed by atoms with Crippen molar-refractivity contribution in [3.05, 3.63) is 0 Å². The quantitative estimate of drug-likeness (QED) is 0.468. The summed E-state index contributed by atoms with van der Waals surface area (Å²) in [5.41, 5.74) is 6.43. The van der Waals surface area contributed by atoms with Gasteiger partial charge in [-0.2, -0.15) is 0 Å². The Bertz CT molecular complexity index is 224. The van der Waals surface area contributed by atoms with Crippen LogP contribution in [0.4, 0.5) is 4.79 Å². The van der Waals surface area contributed by atoms with Gasteiger partial charge in [-0.1, -0.05) is 0 Å². The Balaban J connectivity index is 2.35. The molecule has 0 aromatic carbocycles. The molecule has 66 valence electrons. The molecule has 1 aliphatic heterocycles. The van der Waals surface area contributed by atoms with E-state index in [2.05, 4.69) is 10.0 Å². The molecule has 1 fully saturated rings. The number of likely N-dealkylation sites (tertiary alicyclic amines) is 1. The first-order chi connectivity index (χ1) is 5.74. The van der Waals surface area contributed by atoms with E-state index in [-0.39, 0.29) is 5.92 Å². The second-order valence-electron chi connectivity index (χ2n) is 2.81. The molecule has 2 N–H and O–H groups in total. The van der Waals surface area contributed by atoms with Crippen molar-refractivity contribution in [3.8, 4) is 0 Å². The summed E-state index contributed by atoms with van der Waals surface area (Å²) < 4.78 is 0. The Labute approximate surface area is 69.4 Å². The second kappa shape index (κ2) is 3.82. The number of nitrogens with zero attached hydrogens (tertiary/aromatic N) is 3. The Kier molecular flexibility index (Phi) is 2.76. The molecular formula is C6H11N4O2+. The van der Waals surface area contributed by atoms with E-state index < -0.39 is 6.09 Å². The fraction of sp³-hybridized carbons (Fsp3) is 0.833. The smallest absolute Gasteiger partial charge is 0.407 e. The van der Waals surface area contributed by atoms with E-state index in [1.54, 1.807) is 0 Å². The minimum Gasteiger partial charge on any atom is -0.465 e. The van der Waals surface area contributed by atoms with Crippen LogP contribution in [0.3, 0.4) is 0 Å². The largest absolute Gasteiger partial charge is 0.465 e. The third-order valence-electron chi connectivity index (χ3n) is 1.97. The van der Waals surface area contributed by atoms with Crippen LogP contribution in [-0.2, 0) is 0 Å². The first-order valence-electron chi connectivity index (χ1n) is 3.75. The Hall–Kier alpha value is -1.42. The molecular weight excluding hydrogens is 160 g/mol. The SMILES string of the molecule is N=[N+]=NC[C@@H]1CCN(C(=O)O)C1. The fourth-order valence-corrected chi connectivity index (χ4v) is 1.31. The van der Waals surface area contributed by atoms with Gasteiger partial charge in [0, 0.05) is 19.0 Å². The minimum atomic E-state index is -0.875. The monoisotopic (exact) mass is 171 g/mol. The zero-order valence-electron chi connectivity index (χ0n) is 6.60. The molecule has 0 aliphatic carbocycles. The van der Waals surface area contributed by atoms with Crippen molar-refractivity contribution in [1.29, 1.82) is 5.53 Å². The maximum Gasteiger partial charge on any atom is 0.407 e. The van der Waals surface area contributed by atoms with Gasteiger partial charge in [0.1, 0.15) is 17.2 Å². The highest BCUT2D eigenvalue weighted by molar-refractivity contribution is 5.65. The Morgan fingerprint density at radius 1 is 1.83 bits per heavy atom. The van der Waals surface area contributed by atoms with E-state index >= 15 is 0 Å². The summed E-state index contributed by atoms with van der Waals surface area (Å²) in [7, 11) is 0. The summed E-state index contributed by atoms with van der Waals surface area (Å²) in [6, 6.07) is 0. The topological polar surface area (TPSA) is 90.9 Å². The first-order valence-corrected chi connectivity index (χ1v) is 3.75. The van der Waals surface area contributed by atoms with E-state index in [1.807, 2.05) is 0 Å². The van der Waals surface area contributed by atoms with Crippen molar-refractivity contribution in [2.24, 2.45) is 11.0 Å². The number of carboxylic acid groups (broad SMARTS) is 1. The van der Waals surface area contributed by atoms with Crippen LogP contribution >= 0.6 is 0 Å². The van der Waals surface area contributed by atoms with Crippen LogP contribution in [-0.4, -0.2) is 35.7 Å². The van der Waals surface area contributed by atoms with Gasteiger partial charge in [0.05, 0.1) is 0 Å². The predicted octanol–water partition coefficient (Wildman–Crippen LogP) is 0.537. The van der Waals surface area contributed by atoms with E-state index in [4.69, 9.17) is 10.6 Å². The number of carbonyl (C=O) groups is 1. The zero-order chi connectivity index (χ0) is 8.97. The molecule has 1 aliphatic rings. The normalized spacial score (nSPS) is 22.0. The summed E-state index contributed by atoms with van der Waals surface area (Å²) in [6.45, 7) is 1.56. The van der Waals surface area contributed by atoms with Crippen LogP contribution in [0.15, 0.2) is 5.11 Å². The first kappa shape index (κ1) is 8.67. The molecule has 1 saturated heterocycles. The number of hydrogen-bond acceptors (Lipinski definition) is 3. The summed E-state index contributed by atoms with van der Waals surface area (Å²) in [4.78, 5) is 14.7. The van der Waals surface area contributed by atoms with Crippen LogP contribution in [0.1, 0.15) is 6.42 Å². The Morgan fingerprint density at radius 2 is 2.58 bits per heavy atom. The van der Waals surface area contributed by atoms with E-state index in [1.165, 1.54) is 4.90 Å². The molecule has 1 heterocycles. The Morgan fingerprint density at radius 3 is 3.08 bits per heavy atom. The summed E-state index contributed by atoms with van der Waals surface area (Å²) >= 11 is 0. The lowest BCUT2D eigenvalue weighted by atomic mass is 10.1. The molecule has 0 spiro atoms. The van der Waals surface area contributed by atoms with Crippen molar-refractivity contribution in [1.82, 2.24) is 9.81 Å². The molecule has 12 heavy (non-hydrogen) atoms. The molecule has 0 radical (unpaired) electrons. The van der Waals surface area contributed by atoms with Gasteiger partial charge in [0.25, 0.3) is 0 Å². The zero-order valence-corrected chi connectivity index (χ0v) is 6.60. The van der Waals surface area contributed by atoms with Gasteiger partial charge in [0.2, 0.25) is 4.91 Å². The highest BCUT2D eigenvalue weighted by Crippen LogP contribution is 2.15. The van der Waals surface area contributed by atoms with Crippen molar-refractivity contribution in [2.75, 3.05) is 19.6 Å². The van der Waals surface area contributed by atoms with Crippen LogP contribution < -0.4 is 4.91 Å². The fourth-order valence-electron chi connectivity index (χ4n) is 1.31. The average Bonchev–Trinajstić information content (AvgIpc) is 2.48. The second-order valence-corrected chi connectivity index (χ2v) is 2.81. The molecule has 1 rings (SSSR count). The maximum atomic E-state index is 10.5. The number of nitrogens with one attached hydrogen (secondary N) is 1. The van der Waals surface area contributed by atoms with Crippen LogP contribution in [0.2, 0.25) is 0 Å². The molecule has 1 atom stereocenters. The van der Waals surface area contributed by atoms with Crippen LogP contribution in [0.25, 0.3) is 0 Å². The molecule has 0 aromatic rings. The van der Waals surface area contributed by atoms with Gasteiger partial charge in [-0.05, 0) is 6.42 Å². The van der Waals surface area contributed by atoms with Crippen molar-refractivity contribution in [2.45, 2.75) is 6.42 Å².